The Hall–Kier alpha value is -1.07. The molecule has 0 heterocycles. The lowest BCUT2D eigenvalue weighted by Gasteiger charge is -2.21. The average molecular weight is 271 g/mol. The number of ether oxygens (including phenoxy) is 1. The highest BCUT2D eigenvalue weighted by Crippen LogP contribution is 2.18. The number of sulfonamides is 1. The molecule has 5 heteroatoms. The van der Waals surface area contributed by atoms with Gasteiger partial charge >= 0.3 is 0 Å². The van der Waals surface area contributed by atoms with Gasteiger partial charge in [-0.25, -0.2) is 13.1 Å². The van der Waals surface area contributed by atoms with Crippen molar-refractivity contribution in [3.05, 3.63) is 29.8 Å². The zero-order valence-corrected chi connectivity index (χ0v) is 12.2. The van der Waals surface area contributed by atoms with E-state index in [0.29, 0.717) is 13.0 Å². The highest BCUT2D eigenvalue weighted by Gasteiger charge is 2.11. The Morgan fingerprint density at radius 1 is 1.17 bits per heavy atom. The summed E-state index contributed by atoms with van der Waals surface area (Å²) in [7, 11) is -3.10. The van der Waals surface area contributed by atoms with E-state index in [-0.39, 0.29) is 5.60 Å². The quantitative estimate of drug-likeness (QED) is 0.890. The summed E-state index contributed by atoms with van der Waals surface area (Å²) in [6.07, 6.45) is 1.83. The van der Waals surface area contributed by atoms with Gasteiger partial charge in [0.15, 0.2) is 0 Å². The lowest BCUT2D eigenvalue weighted by atomic mass is 10.1. The van der Waals surface area contributed by atoms with Gasteiger partial charge in [0, 0.05) is 6.54 Å². The van der Waals surface area contributed by atoms with Crippen molar-refractivity contribution in [1.29, 1.82) is 0 Å². The first-order valence-corrected chi connectivity index (χ1v) is 7.77. The van der Waals surface area contributed by atoms with Crippen LogP contribution in [0.15, 0.2) is 24.3 Å². The molecule has 102 valence electrons. The molecule has 0 unspecified atom stereocenters. The molecule has 1 aromatic carbocycles. The predicted molar refractivity (Wildman–Crippen MR) is 73.4 cm³/mol. The summed E-state index contributed by atoms with van der Waals surface area (Å²) < 4.78 is 30.0. The van der Waals surface area contributed by atoms with E-state index in [1.807, 2.05) is 45.0 Å². The first-order valence-electron chi connectivity index (χ1n) is 5.88. The molecule has 4 nitrogen and oxygen atoms in total. The molecule has 0 atom stereocenters. The van der Waals surface area contributed by atoms with Gasteiger partial charge in [-0.1, -0.05) is 12.1 Å². The maximum atomic E-state index is 10.9. The van der Waals surface area contributed by atoms with E-state index in [1.54, 1.807) is 0 Å². The molecule has 0 aliphatic carbocycles. The van der Waals surface area contributed by atoms with Gasteiger partial charge in [-0.15, -0.1) is 0 Å². The highest BCUT2D eigenvalue weighted by molar-refractivity contribution is 7.88. The highest BCUT2D eigenvalue weighted by atomic mass is 32.2. The molecule has 1 N–H and O–H groups in total. The smallest absolute Gasteiger partial charge is 0.208 e. The average Bonchev–Trinajstić information content (AvgIpc) is 2.16. The lowest BCUT2D eigenvalue weighted by molar-refractivity contribution is 0.131. The van der Waals surface area contributed by atoms with Gasteiger partial charge in [-0.05, 0) is 44.9 Å². The third-order valence-corrected chi connectivity index (χ3v) is 2.85. The summed E-state index contributed by atoms with van der Waals surface area (Å²) >= 11 is 0. The maximum Gasteiger partial charge on any atom is 0.208 e. The van der Waals surface area contributed by atoms with Crippen LogP contribution >= 0.6 is 0 Å². The van der Waals surface area contributed by atoms with Crippen LogP contribution in [0.3, 0.4) is 0 Å². The molecular formula is C13H21NO3S. The van der Waals surface area contributed by atoms with E-state index in [1.165, 1.54) is 0 Å². The number of hydrogen-bond acceptors (Lipinski definition) is 3. The van der Waals surface area contributed by atoms with Crippen LogP contribution in [0.5, 0.6) is 5.75 Å². The van der Waals surface area contributed by atoms with Crippen LogP contribution in [-0.2, 0) is 16.4 Å². The minimum absolute atomic E-state index is 0.209. The van der Waals surface area contributed by atoms with Crippen LogP contribution in [-0.4, -0.2) is 26.8 Å². The molecule has 1 aromatic rings. The van der Waals surface area contributed by atoms with Crippen molar-refractivity contribution in [3.8, 4) is 5.75 Å². The maximum absolute atomic E-state index is 10.9. The molecule has 0 fully saturated rings. The predicted octanol–water partition coefficient (Wildman–Crippen LogP) is 1.96. The minimum Gasteiger partial charge on any atom is -0.488 e. The van der Waals surface area contributed by atoms with E-state index >= 15 is 0 Å². The van der Waals surface area contributed by atoms with Crippen LogP contribution in [0.2, 0.25) is 0 Å². The summed E-state index contributed by atoms with van der Waals surface area (Å²) in [6.45, 7) is 6.41. The molecule has 18 heavy (non-hydrogen) atoms. The van der Waals surface area contributed by atoms with E-state index < -0.39 is 10.0 Å². The van der Waals surface area contributed by atoms with Crippen molar-refractivity contribution in [1.82, 2.24) is 4.72 Å². The van der Waals surface area contributed by atoms with Gasteiger partial charge in [-0.2, -0.15) is 0 Å². The topological polar surface area (TPSA) is 55.4 Å². The van der Waals surface area contributed by atoms with Gasteiger partial charge in [0.2, 0.25) is 10.0 Å². The van der Waals surface area contributed by atoms with Gasteiger partial charge < -0.3 is 4.74 Å². The van der Waals surface area contributed by atoms with Gasteiger partial charge in [0.1, 0.15) is 11.4 Å². The first kappa shape index (κ1) is 15.0. The van der Waals surface area contributed by atoms with Crippen molar-refractivity contribution < 1.29 is 13.2 Å². The second kappa shape index (κ2) is 5.71. The summed E-state index contributed by atoms with van der Waals surface area (Å²) in [6, 6.07) is 7.71. The van der Waals surface area contributed by atoms with Crippen LogP contribution in [0, 0.1) is 0 Å². The number of hydrogen-bond donors (Lipinski definition) is 1. The van der Waals surface area contributed by atoms with Gasteiger partial charge in [0.05, 0.1) is 6.26 Å². The third kappa shape index (κ3) is 6.61. The second-order valence-corrected chi connectivity index (χ2v) is 7.11. The van der Waals surface area contributed by atoms with Crippen molar-refractivity contribution in [2.45, 2.75) is 32.8 Å². The minimum atomic E-state index is -3.10. The molecule has 0 spiro atoms. The Morgan fingerprint density at radius 2 is 1.72 bits per heavy atom. The fourth-order valence-corrected chi connectivity index (χ4v) is 1.93. The molecular weight excluding hydrogens is 250 g/mol. The lowest BCUT2D eigenvalue weighted by Crippen LogP contribution is -2.24. The standard InChI is InChI=1S/C13H21NO3S/c1-13(2,3)17-12-7-5-11(6-8-12)9-10-14-18(4,15)16/h5-8,14H,9-10H2,1-4H3. The van der Waals surface area contributed by atoms with Gasteiger partial charge in [0.25, 0.3) is 0 Å². The van der Waals surface area contributed by atoms with Crippen molar-refractivity contribution in [2.24, 2.45) is 0 Å². The summed E-state index contributed by atoms with van der Waals surface area (Å²) in [5.41, 5.74) is 0.867. The Bertz CT molecular complexity index is 472. The molecule has 0 bridgehead atoms. The molecule has 0 saturated heterocycles. The molecule has 0 aromatic heterocycles. The largest absolute Gasteiger partial charge is 0.488 e. The Balaban J connectivity index is 2.51. The van der Waals surface area contributed by atoms with E-state index in [9.17, 15) is 8.42 Å². The van der Waals surface area contributed by atoms with Crippen molar-refractivity contribution >= 4 is 10.0 Å². The fourth-order valence-electron chi connectivity index (χ4n) is 1.46. The zero-order valence-electron chi connectivity index (χ0n) is 11.4. The third-order valence-electron chi connectivity index (χ3n) is 2.13. The molecule has 0 saturated carbocycles. The first-order chi connectivity index (χ1) is 8.16. The van der Waals surface area contributed by atoms with E-state index in [4.69, 9.17) is 4.74 Å². The van der Waals surface area contributed by atoms with Crippen molar-refractivity contribution in [2.75, 3.05) is 12.8 Å². The van der Waals surface area contributed by atoms with E-state index in [0.717, 1.165) is 17.6 Å². The van der Waals surface area contributed by atoms with Crippen LogP contribution in [0.4, 0.5) is 0 Å². The van der Waals surface area contributed by atoms with Crippen LogP contribution in [0.1, 0.15) is 26.3 Å². The summed E-state index contributed by atoms with van der Waals surface area (Å²) in [5.74, 6) is 0.822. The van der Waals surface area contributed by atoms with E-state index in [2.05, 4.69) is 4.72 Å². The molecule has 0 radical (unpaired) electrons. The molecule has 1 rings (SSSR count). The van der Waals surface area contributed by atoms with Crippen LogP contribution in [0.25, 0.3) is 0 Å². The summed E-state index contributed by atoms with van der Waals surface area (Å²) in [5, 5.41) is 0. The summed E-state index contributed by atoms with van der Waals surface area (Å²) in [4.78, 5) is 0. The molecule has 0 aliphatic heterocycles. The van der Waals surface area contributed by atoms with Crippen LogP contribution < -0.4 is 9.46 Å². The van der Waals surface area contributed by atoms with Gasteiger partial charge in [-0.3, -0.25) is 0 Å². The Labute approximate surface area is 109 Å². The molecule has 0 aliphatic rings. The fraction of sp³-hybridized carbons (Fsp3) is 0.538. The Morgan fingerprint density at radius 3 is 2.17 bits per heavy atom. The number of benzene rings is 1. The monoisotopic (exact) mass is 271 g/mol. The van der Waals surface area contributed by atoms with Crippen molar-refractivity contribution in [3.63, 3.8) is 0 Å². The normalized spacial score (nSPS) is 12.4. The number of rotatable bonds is 5. The number of nitrogens with one attached hydrogen (secondary N) is 1. The SMILES string of the molecule is CC(C)(C)Oc1ccc(CCNS(C)(=O)=O)cc1. The Kier molecular flexibility index (Phi) is 4.76. The molecule has 0 amide bonds. The second-order valence-electron chi connectivity index (χ2n) is 5.27. The zero-order chi connectivity index (χ0) is 13.8.